The van der Waals surface area contributed by atoms with Crippen molar-refractivity contribution in [2.75, 3.05) is 18.5 Å². The van der Waals surface area contributed by atoms with E-state index in [1.807, 2.05) is 6.92 Å². The highest BCUT2D eigenvalue weighted by Gasteiger charge is 2.18. The van der Waals surface area contributed by atoms with Crippen LogP contribution in [-0.2, 0) is 14.3 Å². The molecule has 0 aromatic heterocycles. The Bertz CT molecular complexity index is 831. The number of ether oxygens (including phenoxy) is 3. The Morgan fingerprint density at radius 2 is 1.71 bits per heavy atom. The van der Waals surface area contributed by atoms with Gasteiger partial charge in [-0.15, -0.1) is 0 Å². The van der Waals surface area contributed by atoms with Crippen LogP contribution in [0, 0.1) is 0 Å². The minimum Gasteiger partial charge on any atom is -0.494 e. The lowest BCUT2D eigenvalue weighted by Gasteiger charge is -2.14. The van der Waals surface area contributed by atoms with Gasteiger partial charge in [-0.1, -0.05) is 12.1 Å². The van der Waals surface area contributed by atoms with Crippen LogP contribution in [0.15, 0.2) is 48.5 Å². The van der Waals surface area contributed by atoms with E-state index in [-0.39, 0.29) is 12.4 Å². The molecule has 0 radical (unpaired) electrons. The molecule has 7 heteroatoms. The van der Waals surface area contributed by atoms with E-state index in [2.05, 4.69) is 5.32 Å². The zero-order valence-corrected chi connectivity index (χ0v) is 16.1. The van der Waals surface area contributed by atoms with Gasteiger partial charge in [0.05, 0.1) is 6.61 Å². The number of hydrogen-bond donors (Lipinski definition) is 1. The highest BCUT2D eigenvalue weighted by atomic mass is 16.6. The molecule has 1 N–H and O–H groups in total. The second kappa shape index (κ2) is 10.1. The van der Waals surface area contributed by atoms with Gasteiger partial charge in [-0.05, 0) is 57.2 Å². The predicted octanol–water partition coefficient (Wildman–Crippen LogP) is 3.24. The zero-order valence-electron chi connectivity index (χ0n) is 16.1. The molecule has 2 rings (SSSR count). The lowest BCUT2D eigenvalue weighted by atomic mass is 10.1. The molecule has 0 bridgehead atoms. The normalized spacial score (nSPS) is 11.2. The van der Waals surface area contributed by atoms with E-state index < -0.39 is 18.0 Å². The Morgan fingerprint density at radius 1 is 1.00 bits per heavy atom. The minimum atomic E-state index is -0.994. The van der Waals surface area contributed by atoms with Gasteiger partial charge in [-0.3, -0.25) is 9.59 Å². The predicted molar refractivity (Wildman–Crippen MR) is 104 cm³/mol. The van der Waals surface area contributed by atoms with Gasteiger partial charge in [-0.25, -0.2) is 4.79 Å². The lowest BCUT2D eigenvalue weighted by Crippen LogP contribution is -2.31. The maximum Gasteiger partial charge on any atom is 0.344 e. The van der Waals surface area contributed by atoms with Gasteiger partial charge in [0.2, 0.25) is 0 Å². The first kappa shape index (κ1) is 21.0. The second-order valence-corrected chi connectivity index (χ2v) is 5.95. The molecule has 28 heavy (non-hydrogen) atoms. The number of carbonyl (C=O) groups is 3. The summed E-state index contributed by atoms with van der Waals surface area (Å²) in [6, 6.07) is 13.3. The largest absolute Gasteiger partial charge is 0.494 e. The maximum atomic E-state index is 12.2. The Morgan fingerprint density at radius 3 is 2.36 bits per heavy atom. The summed E-state index contributed by atoms with van der Waals surface area (Å²) in [5.74, 6) is -0.187. The van der Waals surface area contributed by atoms with Crippen molar-refractivity contribution in [2.45, 2.75) is 26.9 Å². The quantitative estimate of drug-likeness (QED) is 0.526. The summed E-state index contributed by atoms with van der Waals surface area (Å²) in [6.45, 7) is 4.98. The molecule has 0 fully saturated rings. The Labute approximate surface area is 163 Å². The van der Waals surface area contributed by atoms with Crippen LogP contribution in [-0.4, -0.2) is 37.0 Å². The van der Waals surface area contributed by atoms with Crippen LogP contribution in [0.5, 0.6) is 11.5 Å². The summed E-state index contributed by atoms with van der Waals surface area (Å²) < 4.78 is 15.7. The first-order valence-corrected chi connectivity index (χ1v) is 8.86. The van der Waals surface area contributed by atoms with Gasteiger partial charge in [0.25, 0.3) is 5.91 Å². The molecule has 7 nitrogen and oxygen atoms in total. The molecule has 2 aromatic rings. The Balaban J connectivity index is 1.81. The zero-order chi connectivity index (χ0) is 20.5. The van der Waals surface area contributed by atoms with Crippen molar-refractivity contribution in [1.82, 2.24) is 0 Å². The van der Waals surface area contributed by atoms with E-state index in [1.165, 1.54) is 19.9 Å². The molecular formula is C21H23NO6. The molecular weight excluding hydrogens is 362 g/mol. The number of rotatable bonds is 9. The van der Waals surface area contributed by atoms with Crippen molar-refractivity contribution in [3.8, 4) is 11.5 Å². The van der Waals surface area contributed by atoms with Crippen molar-refractivity contribution in [3.63, 3.8) is 0 Å². The average Bonchev–Trinajstić information content (AvgIpc) is 2.68. The van der Waals surface area contributed by atoms with Crippen LogP contribution in [0.3, 0.4) is 0 Å². The number of benzene rings is 2. The molecule has 0 saturated carbocycles. The Hall–Kier alpha value is -3.35. The van der Waals surface area contributed by atoms with E-state index in [0.29, 0.717) is 29.4 Å². The fourth-order valence-corrected chi connectivity index (χ4v) is 2.28. The second-order valence-electron chi connectivity index (χ2n) is 5.95. The number of Topliss-reactive ketones (excluding diaryl/α,β-unsaturated/α-hetero) is 1. The van der Waals surface area contributed by atoms with Crippen LogP contribution in [0.4, 0.5) is 5.69 Å². The van der Waals surface area contributed by atoms with Gasteiger partial charge in [0, 0.05) is 11.3 Å². The summed E-state index contributed by atoms with van der Waals surface area (Å²) >= 11 is 0. The molecule has 0 heterocycles. The minimum absolute atomic E-state index is 0.104. The smallest absolute Gasteiger partial charge is 0.344 e. The molecule has 0 aliphatic carbocycles. The van der Waals surface area contributed by atoms with E-state index >= 15 is 0 Å². The number of ketones is 1. The first-order chi connectivity index (χ1) is 13.4. The highest BCUT2D eigenvalue weighted by Crippen LogP contribution is 2.16. The van der Waals surface area contributed by atoms with Gasteiger partial charge >= 0.3 is 5.97 Å². The third-order valence-electron chi connectivity index (χ3n) is 3.71. The summed E-state index contributed by atoms with van der Waals surface area (Å²) in [6.07, 6.45) is -0.994. The first-order valence-electron chi connectivity index (χ1n) is 8.86. The molecule has 0 aliphatic heterocycles. The third kappa shape index (κ3) is 6.42. The van der Waals surface area contributed by atoms with E-state index in [0.717, 1.165) is 0 Å². The topological polar surface area (TPSA) is 90.9 Å². The van der Waals surface area contributed by atoms with Crippen molar-refractivity contribution >= 4 is 23.3 Å². The van der Waals surface area contributed by atoms with Gasteiger partial charge in [0.1, 0.15) is 11.5 Å². The number of esters is 1. The van der Waals surface area contributed by atoms with Gasteiger partial charge < -0.3 is 19.5 Å². The molecule has 1 atom stereocenters. The van der Waals surface area contributed by atoms with Crippen LogP contribution < -0.4 is 14.8 Å². The fraction of sp³-hybridized carbons (Fsp3) is 0.286. The van der Waals surface area contributed by atoms with Crippen molar-refractivity contribution in [1.29, 1.82) is 0 Å². The van der Waals surface area contributed by atoms with Crippen molar-refractivity contribution < 1.29 is 28.6 Å². The number of hydrogen-bond acceptors (Lipinski definition) is 6. The molecule has 0 aliphatic rings. The van der Waals surface area contributed by atoms with E-state index in [1.54, 1.807) is 42.5 Å². The molecule has 0 spiro atoms. The summed E-state index contributed by atoms with van der Waals surface area (Å²) in [7, 11) is 0. The van der Waals surface area contributed by atoms with Gasteiger partial charge in [-0.2, -0.15) is 0 Å². The molecule has 0 saturated heterocycles. The third-order valence-corrected chi connectivity index (χ3v) is 3.71. The fourth-order valence-electron chi connectivity index (χ4n) is 2.28. The number of carbonyl (C=O) groups excluding carboxylic acids is 3. The molecule has 2 aromatic carbocycles. The van der Waals surface area contributed by atoms with Gasteiger partial charge in [0.15, 0.2) is 18.5 Å². The molecule has 1 amide bonds. The molecule has 148 valence electrons. The van der Waals surface area contributed by atoms with E-state index in [9.17, 15) is 14.4 Å². The SMILES string of the molecule is CCOc1ccc(NC(=O)[C@@H](C)OC(=O)COc2cccc(C(C)=O)c2)cc1. The van der Waals surface area contributed by atoms with Crippen molar-refractivity contribution in [2.24, 2.45) is 0 Å². The van der Waals surface area contributed by atoms with Crippen LogP contribution >= 0.6 is 0 Å². The van der Waals surface area contributed by atoms with E-state index in [4.69, 9.17) is 14.2 Å². The maximum absolute atomic E-state index is 12.2. The lowest BCUT2D eigenvalue weighted by molar-refractivity contribution is -0.155. The average molecular weight is 385 g/mol. The van der Waals surface area contributed by atoms with Crippen LogP contribution in [0.25, 0.3) is 0 Å². The van der Waals surface area contributed by atoms with Crippen molar-refractivity contribution in [3.05, 3.63) is 54.1 Å². The summed E-state index contributed by atoms with van der Waals surface area (Å²) in [5, 5.41) is 2.66. The highest BCUT2D eigenvalue weighted by molar-refractivity contribution is 5.95. The summed E-state index contributed by atoms with van der Waals surface area (Å²) in [5.41, 5.74) is 1.04. The molecule has 0 unspecified atom stereocenters. The number of amides is 1. The number of nitrogens with one attached hydrogen (secondary N) is 1. The number of anilines is 1. The van der Waals surface area contributed by atoms with Crippen LogP contribution in [0.1, 0.15) is 31.1 Å². The monoisotopic (exact) mass is 385 g/mol. The van der Waals surface area contributed by atoms with Crippen LogP contribution in [0.2, 0.25) is 0 Å². The Kier molecular flexibility index (Phi) is 7.56. The summed E-state index contributed by atoms with van der Waals surface area (Å²) in [4.78, 5) is 35.4. The standard InChI is InChI=1S/C21H23NO6/c1-4-26-18-10-8-17(9-11-18)22-21(25)15(3)28-20(24)13-27-19-7-5-6-16(12-19)14(2)23/h5-12,15H,4,13H2,1-3H3,(H,22,25)/t15-/m1/s1.